The summed E-state index contributed by atoms with van der Waals surface area (Å²) in [6.45, 7) is 0. The number of benzene rings is 1. The molecule has 1 aromatic carbocycles. The summed E-state index contributed by atoms with van der Waals surface area (Å²) in [5.74, 6) is -1.73. The molecule has 0 bridgehead atoms. The Labute approximate surface area is 125 Å². The summed E-state index contributed by atoms with van der Waals surface area (Å²) < 4.78 is 37.8. The van der Waals surface area contributed by atoms with Gasteiger partial charge in [-0.2, -0.15) is 13.2 Å². The summed E-state index contributed by atoms with van der Waals surface area (Å²) in [4.78, 5) is 22.7. The molecule has 1 aromatic rings. The molecular formula is C15H16F3NO3. The van der Waals surface area contributed by atoms with E-state index in [-0.39, 0.29) is 18.0 Å². The number of nitrogens with one attached hydrogen (secondary N) is 1. The van der Waals surface area contributed by atoms with Gasteiger partial charge in [0.25, 0.3) is 0 Å². The van der Waals surface area contributed by atoms with Crippen LogP contribution < -0.4 is 5.32 Å². The largest absolute Gasteiger partial charge is 0.481 e. The summed E-state index contributed by atoms with van der Waals surface area (Å²) in [7, 11) is 0. The molecule has 1 fully saturated rings. The van der Waals surface area contributed by atoms with Gasteiger partial charge in [-0.1, -0.05) is 18.2 Å². The van der Waals surface area contributed by atoms with E-state index in [0.717, 1.165) is 12.1 Å². The van der Waals surface area contributed by atoms with E-state index in [1.165, 1.54) is 12.1 Å². The summed E-state index contributed by atoms with van der Waals surface area (Å²) in [6, 6.07) is 4.41. The minimum absolute atomic E-state index is 0.155. The van der Waals surface area contributed by atoms with Crippen LogP contribution in [0.2, 0.25) is 0 Å². The Balaban J connectivity index is 1.92. The molecule has 1 aliphatic carbocycles. The van der Waals surface area contributed by atoms with Crippen LogP contribution in [0.3, 0.4) is 0 Å². The molecule has 0 saturated heterocycles. The topological polar surface area (TPSA) is 66.4 Å². The summed E-state index contributed by atoms with van der Waals surface area (Å²) in [5, 5.41) is 11.6. The van der Waals surface area contributed by atoms with Gasteiger partial charge in [-0.05, 0) is 30.9 Å². The highest BCUT2D eigenvalue weighted by Crippen LogP contribution is 2.30. The van der Waals surface area contributed by atoms with E-state index in [1.54, 1.807) is 0 Å². The van der Waals surface area contributed by atoms with E-state index in [1.807, 2.05) is 0 Å². The van der Waals surface area contributed by atoms with Crippen molar-refractivity contribution < 1.29 is 27.9 Å². The number of carbonyl (C=O) groups is 2. The van der Waals surface area contributed by atoms with Crippen LogP contribution in [0.5, 0.6) is 0 Å². The number of hydrogen-bond donors (Lipinski definition) is 2. The highest BCUT2D eigenvalue weighted by atomic mass is 19.4. The van der Waals surface area contributed by atoms with Gasteiger partial charge in [-0.3, -0.25) is 9.59 Å². The second-order valence-corrected chi connectivity index (χ2v) is 5.49. The zero-order valence-electron chi connectivity index (χ0n) is 11.7. The molecule has 2 atom stereocenters. The Hall–Kier alpha value is -2.05. The molecule has 0 aliphatic heterocycles. The maximum atomic E-state index is 12.6. The predicted molar refractivity (Wildman–Crippen MR) is 72.1 cm³/mol. The molecule has 2 N–H and O–H groups in total. The van der Waals surface area contributed by atoms with Gasteiger partial charge in [0, 0.05) is 6.04 Å². The van der Waals surface area contributed by atoms with Crippen LogP contribution >= 0.6 is 0 Å². The number of alkyl halides is 3. The monoisotopic (exact) mass is 315 g/mol. The molecule has 0 unspecified atom stereocenters. The Morgan fingerprint density at radius 2 is 2.00 bits per heavy atom. The van der Waals surface area contributed by atoms with Gasteiger partial charge >= 0.3 is 12.1 Å². The molecule has 1 aliphatic rings. The first-order valence-electron chi connectivity index (χ1n) is 6.94. The van der Waals surface area contributed by atoms with Crippen LogP contribution in [-0.4, -0.2) is 23.0 Å². The van der Waals surface area contributed by atoms with Crippen molar-refractivity contribution in [1.29, 1.82) is 0 Å². The second-order valence-electron chi connectivity index (χ2n) is 5.49. The van der Waals surface area contributed by atoms with Gasteiger partial charge in [0.05, 0.1) is 17.9 Å². The Morgan fingerprint density at radius 3 is 2.59 bits per heavy atom. The summed E-state index contributed by atoms with van der Waals surface area (Å²) >= 11 is 0. The molecule has 22 heavy (non-hydrogen) atoms. The van der Waals surface area contributed by atoms with Crippen LogP contribution in [0.15, 0.2) is 24.3 Å². The van der Waals surface area contributed by atoms with Gasteiger partial charge in [0.15, 0.2) is 0 Å². The van der Waals surface area contributed by atoms with Crippen LogP contribution in [-0.2, 0) is 22.2 Å². The van der Waals surface area contributed by atoms with Gasteiger partial charge in [-0.25, -0.2) is 0 Å². The Morgan fingerprint density at radius 1 is 1.27 bits per heavy atom. The standard InChI is InChI=1S/C15H16F3NO3/c16-15(17,18)11-3-1-2-9(6-11)7-13(20)19-12-5-4-10(8-12)14(21)22/h1-3,6,10,12H,4-5,7-8H2,(H,19,20)(H,21,22)/t10-,12+/m1/s1. The highest BCUT2D eigenvalue weighted by Gasteiger charge is 2.31. The molecule has 1 saturated carbocycles. The van der Waals surface area contributed by atoms with Gasteiger partial charge in [0.1, 0.15) is 0 Å². The van der Waals surface area contributed by atoms with Crippen molar-refractivity contribution >= 4 is 11.9 Å². The zero-order chi connectivity index (χ0) is 16.3. The maximum absolute atomic E-state index is 12.6. The van der Waals surface area contributed by atoms with E-state index in [2.05, 4.69) is 5.32 Å². The van der Waals surface area contributed by atoms with E-state index in [0.29, 0.717) is 19.3 Å². The van der Waals surface area contributed by atoms with Crippen molar-refractivity contribution in [2.45, 2.75) is 37.9 Å². The van der Waals surface area contributed by atoms with Crippen molar-refractivity contribution in [3.05, 3.63) is 35.4 Å². The fourth-order valence-corrected chi connectivity index (χ4v) is 2.66. The Bertz CT molecular complexity index is 571. The first-order chi connectivity index (χ1) is 10.3. The lowest BCUT2D eigenvalue weighted by molar-refractivity contribution is -0.141. The molecule has 7 heteroatoms. The number of aliphatic carboxylic acids is 1. The first-order valence-corrected chi connectivity index (χ1v) is 6.94. The van der Waals surface area contributed by atoms with E-state index in [9.17, 15) is 22.8 Å². The van der Waals surface area contributed by atoms with E-state index >= 15 is 0 Å². The molecule has 120 valence electrons. The zero-order valence-corrected chi connectivity index (χ0v) is 11.7. The third-order valence-electron chi connectivity index (χ3n) is 3.77. The number of hydrogen-bond acceptors (Lipinski definition) is 2. The lowest BCUT2D eigenvalue weighted by Gasteiger charge is -2.13. The molecule has 4 nitrogen and oxygen atoms in total. The van der Waals surface area contributed by atoms with Crippen molar-refractivity contribution in [3.63, 3.8) is 0 Å². The second kappa shape index (κ2) is 6.37. The number of carboxylic acid groups (broad SMARTS) is 1. The fourth-order valence-electron chi connectivity index (χ4n) is 2.66. The molecule has 0 heterocycles. The molecule has 0 spiro atoms. The quantitative estimate of drug-likeness (QED) is 0.897. The van der Waals surface area contributed by atoms with Gasteiger partial charge in [0.2, 0.25) is 5.91 Å². The lowest BCUT2D eigenvalue weighted by Crippen LogP contribution is -2.34. The minimum atomic E-state index is -4.44. The van der Waals surface area contributed by atoms with Crippen molar-refractivity contribution in [3.8, 4) is 0 Å². The summed E-state index contributed by atoms with van der Waals surface area (Å²) in [5.41, 5.74) is -0.510. The van der Waals surface area contributed by atoms with Gasteiger partial charge < -0.3 is 10.4 Å². The predicted octanol–water partition coefficient (Wildman–Crippen LogP) is 2.62. The third kappa shape index (κ3) is 4.22. The summed E-state index contributed by atoms with van der Waals surface area (Å²) in [6.07, 6.45) is -3.15. The highest BCUT2D eigenvalue weighted by molar-refractivity contribution is 5.79. The minimum Gasteiger partial charge on any atom is -0.481 e. The molecule has 0 radical (unpaired) electrons. The molecule has 2 rings (SSSR count). The van der Waals surface area contributed by atoms with E-state index in [4.69, 9.17) is 5.11 Å². The SMILES string of the molecule is O=C(Cc1cccc(C(F)(F)F)c1)N[C@H]1CC[C@@H](C(=O)O)C1. The first kappa shape index (κ1) is 16.3. The fraction of sp³-hybridized carbons (Fsp3) is 0.467. The van der Waals surface area contributed by atoms with Crippen LogP contribution in [0.25, 0.3) is 0 Å². The number of amides is 1. The number of halogens is 3. The van der Waals surface area contributed by atoms with Gasteiger partial charge in [-0.15, -0.1) is 0 Å². The maximum Gasteiger partial charge on any atom is 0.416 e. The molecule has 1 amide bonds. The molecular weight excluding hydrogens is 299 g/mol. The smallest absolute Gasteiger partial charge is 0.416 e. The van der Waals surface area contributed by atoms with Crippen LogP contribution in [0, 0.1) is 5.92 Å². The molecule has 0 aromatic heterocycles. The van der Waals surface area contributed by atoms with E-state index < -0.39 is 29.5 Å². The Kier molecular flexibility index (Phi) is 4.73. The van der Waals surface area contributed by atoms with Crippen molar-refractivity contribution in [1.82, 2.24) is 5.32 Å². The average molecular weight is 315 g/mol. The van der Waals surface area contributed by atoms with Crippen LogP contribution in [0.1, 0.15) is 30.4 Å². The number of carboxylic acids is 1. The normalized spacial score (nSPS) is 21.6. The van der Waals surface area contributed by atoms with Crippen LogP contribution in [0.4, 0.5) is 13.2 Å². The third-order valence-corrected chi connectivity index (χ3v) is 3.77. The van der Waals surface area contributed by atoms with Crippen molar-refractivity contribution in [2.75, 3.05) is 0 Å². The average Bonchev–Trinajstić information content (AvgIpc) is 2.86. The number of carbonyl (C=O) groups excluding carboxylic acids is 1. The number of rotatable bonds is 4. The van der Waals surface area contributed by atoms with Crippen molar-refractivity contribution in [2.24, 2.45) is 5.92 Å². The lowest BCUT2D eigenvalue weighted by atomic mass is 10.1.